The summed E-state index contributed by atoms with van der Waals surface area (Å²) in [6, 6.07) is 6.48. The van der Waals surface area contributed by atoms with Gasteiger partial charge in [0.1, 0.15) is 0 Å². The van der Waals surface area contributed by atoms with Gasteiger partial charge in [-0.05, 0) is 40.9 Å². The lowest BCUT2D eigenvalue weighted by molar-refractivity contribution is 1.08. The van der Waals surface area contributed by atoms with Crippen LogP contribution in [0.3, 0.4) is 0 Å². The van der Waals surface area contributed by atoms with Crippen molar-refractivity contribution in [1.29, 1.82) is 0 Å². The van der Waals surface area contributed by atoms with E-state index in [-0.39, 0.29) is 0 Å². The van der Waals surface area contributed by atoms with Crippen molar-refractivity contribution in [3.63, 3.8) is 0 Å². The summed E-state index contributed by atoms with van der Waals surface area (Å²) in [6.45, 7) is 4.23. The second-order valence-electron chi connectivity index (χ2n) is 3.88. The molecule has 0 saturated heterocycles. The zero-order valence-electron chi connectivity index (χ0n) is 9.25. The smallest absolute Gasteiger partial charge is 0.181 e. The molecule has 0 spiro atoms. The third kappa shape index (κ3) is 2.44. The lowest BCUT2D eigenvalue weighted by atomic mass is 10.0. The second-order valence-corrected chi connectivity index (χ2v) is 6.23. The van der Waals surface area contributed by atoms with E-state index in [1.165, 1.54) is 28.0 Å². The first-order valence-corrected chi connectivity index (χ1v) is 6.64. The number of aryl methyl sites for hydroxylation is 2. The summed E-state index contributed by atoms with van der Waals surface area (Å²) in [5, 5.41) is 0.618. The van der Waals surface area contributed by atoms with E-state index >= 15 is 0 Å². The Morgan fingerprint density at radius 2 is 2.12 bits per heavy atom. The van der Waals surface area contributed by atoms with Gasteiger partial charge in [0.15, 0.2) is 5.13 Å². The van der Waals surface area contributed by atoms with Crippen molar-refractivity contribution in [1.82, 2.24) is 4.98 Å². The molecule has 0 aliphatic carbocycles. The molecular formula is C12H13BrN2S. The zero-order chi connectivity index (χ0) is 11.7. The fourth-order valence-electron chi connectivity index (χ4n) is 1.63. The zero-order valence-corrected chi connectivity index (χ0v) is 11.7. The normalized spacial score (nSPS) is 10.7. The molecule has 2 rings (SSSR count). The van der Waals surface area contributed by atoms with Crippen LogP contribution in [0.25, 0.3) is 0 Å². The summed E-state index contributed by atoms with van der Waals surface area (Å²) in [4.78, 5) is 4.33. The number of nitrogens with zero attached hydrogens (tertiary/aromatic N) is 1. The summed E-state index contributed by atoms with van der Waals surface area (Å²) >= 11 is 4.98. The maximum absolute atomic E-state index is 5.68. The highest BCUT2D eigenvalue weighted by Gasteiger charge is 2.09. The predicted octanol–water partition coefficient (Wildman–Crippen LogP) is 3.70. The number of nitrogen functional groups attached to an aromatic ring is 1. The van der Waals surface area contributed by atoms with Gasteiger partial charge < -0.3 is 5.73 Å². The van der Waals surface area contributed by atoms with Crippen molar-refractivity contribution >= 4 is 32.4 Å². The van der Waals surface area contributed by atoms with Crippen LogP contribution in [-0.4, -0.2) is 4.98 Å². The molecule has 0 unspecified atom stereocenters. The number of thiazole rings is 1. The van der Waals surface area contributed by atoms with Crippen molar-refractivity contribution < 1.29 is 0 Å². The Morgan fingerprint density at radius 3 is 2.75 bits per heavy atom. The first-order valence-electron chi connectivity index (χ1n) is 5.03. The number of nitrogens with two attached hydrogens (primary N) is 1. The molecule has 84 valence electrons. The minimum Gasteiger partial charge on any atom is -0.375 e. The van der Waals surface area contributed by atoms with Crippen LogP contribution < -0.4 is 5.73 Å². The van der Waals surface area contributed by atoms with E-state index in [0.29, 0.717) is 5.13 Å². The summed E-state index contributed by atoms with van der Waals surface area (Å²) in [7, 11) is 0. The molecule has 1 heterocycles. The topological polar surface area (TPSA) is 38.9 Å². The van der Waals surface area contributed by atoms with Crippen molar-refractivity contribution in [2.45, 2.75) is 20.3 Å². The average molecular weight is 297 g/mol. The van der Waals surface area contributed by atoms with Gasteiger partial charge in [0.05, 0.1) is 9.48 Å². The molecule has 16 heavy (non-hydrogen) atoms. The summed E-state index contributed by atoms with van der Waals surface area (Å²) in [6.07, 6.45) is 0.835. The van der Waals surface area contributed by atoms with Crippen LogP contribution in [0.5, 0.6) is 0 Å². The molecule has 0 radical (unpaired) electrons. The summed E-state index contributed by atoms with van der Waals surface area (Å²) in [5.41, 5.74) is 10.6. The van der Waals surface area contributed by atoms with E-state index in [1.54, 1.807) is 0 Å². The number of hydrogen-bond donors (Lipinski definition) is 1. The van der Waals surface area contributed by atoms with Crippen molar-refractivity contribution in [3.8, 4) is 0 Å². The summed E-state index contributed by atoms with van der Waals surface area (Å²) < 4.78 is 1.03. The first-order chi connectivity index (χ1) is 7.56. The fraction of sp³-hybridized carbons (Fsp3) is 0.250. The lowest BCUT2D eigenvalue weighted by Crippen LogP contribution is -1.94. The number of rotatable bonds is 2. The van der Waals surface area contributed by atoms with E-state index in [4.69, 9.17) is 5.73 Å². The van der Waals surface area contributed by atoms with E-state index in [9.17, 15) is 0 Å². The molecule has 2 N–H and O–H groups in total. The van der Waals surface area contributed by atoms with Gasteiger partial charge in [0.2, 0.25) is 0 Å². The van der Waals surface area contributed by atoms with Crippen LogP contribution in [0, 0.1) is 13.8 Å². The Hall–Kier alpha value is -0.870. The molecule has 0 aliphatic rings. The van der Waals surface area contributed by atoms with Gasteiger partial charge >= 0.3 is 0 Å². The monoisotopic (exact) mass is 296 g/mol. The van der Waals surface area contributed by atoms with E-state index in [1.807, 2.05) is 0 Å². The predicted molar refractivity (Wildman–Crippen MR) is 72.9 cm³/mol. The average Bonchev–Trinajstić information content (AvgIpc) is 2.51. The minimum atomic E-state index is 0.618. The number of hydrogen-bond acceptors (Lipinski definition) is 3. The molecular weight excluding hydrogens is 284 g/mol. The van der Waals surface area contributed by atoms with Gasteiger partial charge in [-0.1, -0.05) is 35.1 Å². The van der Waals surface area contributed by atoms with Gasteiger partial charge in [-0.3, -0.25) is 0 Å². The second kappa shape index (κ2) is 4.55. The van der Waals surface area contributed by atoms with Crippen molar-refractivity contribution in [2.75, 3.05) is 5.73 Å². The van der Waals surface area contributed by atoms with E-state index < -0.39 is 0 Å². The number of aromatic nitrogens is 1. The quantitative estimate of drug-likeness (QED) is 0.918. The maximum Gasteiger partial charge on any atom is 0.181 e. The standard InChI is InChI=1S/C12H13BrN2S/c1-7-3-4-8(2)9(5-7)6-10-11(13)16-12(14)15-10/h3-5H,6H2,1-2H3,(H2,14,15). The van der Waals surface area contributed by atoms with Crippen LogP contribution >= 0.6 is 27.3 Å². The minimum absolute atomic E-state index is 0.618. The van der Waals surface area contributed by atoms with Crippen LogP contribution in [0.1, 0.15) is 22.4 Å². The Balaban J connectivity index is 2.33. The highest BCUT2D eigenvalue weighted by Crippen LogP contribution is 2.28. The largest absolute Gasteiger partial charge is 0.375 e. The molecule has 2 aromatic rings. The van der Waals surface area contributed by atoms with Gasteiger partial charge in [0, 0.05) is 6.42 Å². The van der Waals surface area contributed by atoms with Crippen molar-refractivity contribution in [2.24, 2.45) is 0 Å². The van der Waals surface area contributed by atoms with Crippen LogP contribution in [-0.2, 0) is 6.42 Å². The molecule has 0 aliphatic heterocycles. The number of halogens is 1. The molecule has 0 atom stereocenters. The Kier molecular flexibility index (Phi) is 3.30. The van der Waals surface area contributed by atoms with E-state index in [0.717, 1.165) is 15.9 Å². The Morgan fingerprint density at radius 1 is 1.38 bits per heavy atom. The lowest BCUT2D eigenvalue weighted by Gasteiger charge is -2.05. The Labute approximate surface area is 108 Å². The molecule has 0 bridgehead atoms. The molecule has 1 aromatic heterocycles. The van der Waals surface area contributed by atoms with Crippen LogP contribution in [0.15, 0.2) is 22.0 Å². The fourth-order valence-corrected chi connectivity index (χ4v) is 2.93. The van der Waals surface area contributed by atoms with Gasteiger partial charge in [-0.15, -0.1) is 0 Å². The third-order valence-corrected chi connectivity index (χ3v) is 4.19. The first kappa shape index (κ1) is 11.6. The third-order valence-electron chi connectivity index (χ3n) is 2.53. The van der Waals surface area contributed by atoms with Crippen LogP contribution in [0.4, 0.5) is 5.13 Å². The molecule has 0 amide bonds. The molecule has 1 aromatic carbocycles. The van der Waals surface area contributed by atoms with Gasteiger partial charge in [-0.2, -0.15) is 0 Å². The number of anilines is 1. The highest BCUT2D eigenvalue weighted by atomic mass is 79.9. The molecule has 2 nitrogen and oxygen atoms in total. The Bertz CT molecular complexity index is 520. The summed E-state index contributed by atoms with van der Waals surface area (Å²) in [5.74, 6) is 0. The molecule has 4 heteroatoms. The maximum atomic E-state index is 5.68. The highest BCUT2D eigenvalue weighted by molar-refractivity contribution is 9.11. The van der Waals surface area contributed by atoms with Crippen LogP contribution in [0.2, 0.25) is 0 Å². The van der Waals surface area contributed by atoms with Gasteiger partial charge in [-0.25, -0.2) is 4.98 Å². The SMILES string of the molecule is Cc1ccc(C)c(Cc2nc(N)sc2Br)c1. The molecule has 0 fully saturated rings. The van der Waals surface area contributed by atoms with E-state index in [2.05, 4.69) is 53.0 Å². The number of benzene rings is 1. The van der Waals surface area contributed by atoms with Gasteiger partial charge in [0.25, 0.3) is 0 Å². The molecule has 0 saturated carbocycles. The van der Waals surface area contributed by atoms with Crippen molar-refractivity contribution in [3.05, 3.63) is 44.4 Å².